The highest BCUT2D eigenvalue weighted by Crippen LogP contribution is 2.33. The van der Waals surface area contributed by atoms with Gasteiger partial charge in [-0.05, 0) is 148 Å². The summed E-state index contributed by atoms with van der Waals surface area (Å²) in [6.07, 6.45) is 3.53. The highest BCUT2D eigenvalue weighted by molar-refractivity contribution is 6.32. The SMILES string of the molecule is CC1(C)CC(NC(=O)c2ccc(Oc3ccccc3)cc2)CC(C)(C)N1.CC1(C)CC(NC(=O)c2ccc(Oc3ccccc3C#N)c(Cl)c2)CC(C)(C)N1. The predicted molar refractivity (Wildman–Crippen MR) is 219 cm³/mol. The highest BCUT2D eigenvalue weighted by Gasteiger charge is 2.39. The van der Waals surface area contributed by atoms with E-state index in [1.807, 2.05) is 54.6 Å². The van der Waals surface area contributed by atoms with Gasteiger partial charge in [0.1, 0.15) is 29.1 Å². The zero-order valence-electron chi connectivity index (χ0n) is 33.2. The molecule has 290 valence electrons. The van der Waals surface area contributed by atoms with Crippen molar-refractivity contribution in [1.29, 1.82) is 5.26 Å². The molecule has 0 aliphatic carbocycles. The molecule has 2 amide bonds. The summed E-state index contributed by atoms with van der Waals surface area (Å²) >= 11 is 6.35. The van der Waals surface area contributed by atoms with Gasteiger partial charge in [-0.25, -0.2) is 0 Å². The van der Waals surface area contributed by atoms with Crippen molar-refractivity contribution in [3.63, 3.8) is 0 Å². The van der Waals surface area contributed by atoms with Crippen LogP contribution in [0.1, 0.15) is 107 Å². The van der Waals surface area contributed by atoms with Crippen LogP contribution in [0.5, 0.6) is 23.0 Å². The van der Waals surface area contributed by atoms with Gasteiger partial charge >= 0.3 is 0 Å². The number of nitriles is 1. The van der Waals surface area contributed by atoms with Crippen LogP contribution >= 0.6 is 11.6 Å². The monoisotopic (exact) mass is 763 g/mol. The fourth-order valence-corrected chi connectivity index (χ4v) is 8.40. The molecule has 0 aromatic heterocycles. The first-order valence-electron chi connectivity index (χ1n) is 18.8. The zero-order chi connectivity index (χ0) is 40.0. The van der Waals surface area contributed by atoms with E-state index in [1.54, 1.807) is 42.5 Å². The van der Waals surface area contributed by atoms with Gasteiger partial charge in [-0.15, -0.1) is 0 Å². The third-order valence-electron chi connectivity index (χ3n) is 9.57. The maximum absolute atomic E-state index is 12.8. The minimum atomic E-state index is -0.158. The summed E-state index contributed by atoms with van der Waals surface area (Å²) in [6.45, 7) is 17.3. The Bertz CT molecular complexity index is 1970. The number of amides is 2. The highest BCUT2D eigenvalue weighted by atomic mass is 35.5. The minimum absolute atomic E-state index is 0.00702. The van der Waals surface area contributed by atoms with E-state index in [4.69, 9.17) is 21.1 Å². The van der Waals surface area contributed by atoms with Gasteiger partial charge in [0.15, 0.2) is 0 Å². The van der Waals surface area contributed by atoms with Gasteiger partial charge in [-0.3, -0.25) is 9.59 Å². The molecular formula is C45H54ClN5O4. The van der Waals surface area contributed by atoms with E-state index in [1.165, 1.54) is 0 Å². The average Bonchev–Trinajstić information content (AvgIpc) is 3.07. The number of halogens is 1. The number of hydrogen-bond donors (Lipinski definition) is 4. The minimum Gasteiger partial charge on any atom is -0.457 e. The van der Waals surface area contributed by atoms with Gasteiger partial charge in [0.25, 0.3) is 11.8 Å². The van der Waals surface area contributed by atoms with Crippen LogP contribution in [0, 0.1) is 11.3 Å². The molecule has 4 aromatic carbocycles. The third-order valence-corrected chi connectivity index (χ3v) is 9.86. The molecule has 0 bridgehead atoms. The Balaban J connectivity index is 0.000000212. The van der Waals surface area contributed by atoms with E-state index in [0.29, 0.717) is 33.2 Å². The predicted octanol–water partition coefficient (Wildman–Crippen LogP) is 9.56. The maximum atomic E-state index is 12.8. The molecule has 2 saturated heterocycles. The summed E-state index contributed by atoms with van der Waals surface area (Å²) in [6, 6.07) is 31.1. The molecule has 2 fully saturated rings. The summed E-state index contributed by atoms with van der Waals surface area (Å²) in [5, 5.41) is 23.1. The number of nitrogens with one attached hydrogen (secondary N) is 4. The fraction of sp³-hybridized carbons (Fsp3) is 0.400. The summed E-state index contributed by atoms with van der Waals surface area (Å²) in [5.74, 6) is 2.13. The molecule has 4 N–H and O–H groups in total. The van der Waals surface area contributed by atoms with Crippen LogP contribution in [0.2, 0.25) is 5.02 Å². The van der Waals surface area contributed by atoms with E-state index in [2.05, 4.69) is 82.7 Å². The Morgan fingerprint density at radius 2 is 1.07 bits per heavy atom. The van der Waals surface area contributed by atoms with Gasteiger partial charge in [0, 0.05) is 45.4 Å². The van der Waals surface area contributed by atoms with Crippen LogP contribution in [0.3, 0.4) is 0 Å². The number of benzene rings is 4. The first-order chi connectivity index (χ1) is 25.8. The Kier molecular flexibility index (Phi) is 12.7. The number of carbonyl (C=O) groups excluding carboxylic acids is 2. The molecule has 0 radical (unpaired) electrons. The van der Waals surface area contributed by atoms with E-state index >= 15 is 0 Å². The first kappa shape index (κ1) is 41.3. The van der Waals surface area contributed by atoms with Crippen molar-refractivity contribution in [3.05, 3.63) is 119 Å². The second kappa shape index (κ2) is 16.9. The molecular weight excluding hydrogens is 710 g/mol. The second-order valence-corrected chi connectivity index (χ2v) is 17.6. The molecule has 0 atom stereocenters. The Morgan fingerprint density at radius 1 is 0.618 bits per heavy atom. The quantitative estimate of drug-likeness (QED) is 0.141. The lowest BCUT2D eigenvalue weighted by molar-refractivity contribution is 0.0861. The van der Waals surface area contributed by atoms with Crippen LogP contribution in [0.25, 0.3) is 0 Å². The summed E-state index contributed by atoms with van der Waals surface area (Å²) in [4.78, 5) is 25.4. The van der Waals surface area contributed by atoms with Crippen molar-refractivity contribution in [2.75, 3.05) is 0 Å². The molecule has 4 aromatic rings. The van der Waals surface area contributed by atoms with Crippen LogP contribution in [-0.4, -0.2) is 46.1 Å². The average molecular weight is 764 g/mol. The molecule has 9 nitrogen and oxygen atoms in total. The summed E-state index contributed by atoms with van der Waals surface area (Å²) < 4.78 is 11.6. The largest absolute Gasteiger partial charge is 0.457 e. The van der Waals surface area contributed by atoms with Crippen LogP contribution in [-0.2, 0) is 0 Å². The smallest absolute Gasteiger partial charge is 0.251 e. The first-order valence-corrected chi connectivity index (χ1v) is 19.2. The molecule has 0 unspecified atom stereocenters. The van der Waals surface area contributed by atoms with Crippen LogP contribution in [0.15, 0.2) is 97.1 Å². The standard InChI is InChI=1S/C23H26ClN3O2.C22H28N2O2/c1-22(2)12-17(13-23(3,4)27-22)26-21(28)15-9-10-20(18(24)11-15)29-19-8-6-5-7-16(19)14-25;1-21(2)14-17(15-22(3,4)24-21)23-20(25)16-10-12-19(13-11-16)26-18-8-6-5-7-9-18/h5-11,17,27H,12-13H2,1-4H3,(H,26,28);5-13,17,24H,14-15H2,1-4H3,(H,23,25). The van der Waals surface area contributed by atoms with Gasteiger partial charge in [0.2, 0.25) is 0 Å². The van der Waals surface area contributed by atoms with E-state index in [0.717, 1.165) is 37.2 Å². The molecule has 55 heavy (non-hydrogen) atoms. The number of piperidine rings is 2. The van der Waals surface area contributed by atoms with Crippen LogP contribution < -0.4 is 30.7 Å². The number of carbonyl (C=O) groups is 2. The normalized spacial score (nSPS) is 18.4. The summed E-state index contributed by atoms with van der Waals surface area (Å²) in [7, 11) is 0. The van der Waals surface area contributed by atoms with E-state index in [9.17, 15) is 14.9 Å². The number of nitrogens with zero attached hydrogens (tertiary/aromatic N) is 1. The van der Waals surface area contributed by atoms with Crippen molar-refractivity contribution in [2.24, 2.45) is 0 Å². The zero-order valence-corrected chi connectivity index (χ0v) is 33.9. The van der Waals surface area contributed by atoms with Gasteiger partial charge < -0.3 is 30.7 Å². The number of para-hydroxylation sites is 2. The van der Waals surface area contributed by atoms with Crippen LogP contribution in [0.4, 0.5) is 0 Å². The lowest BCUT2D eigenvalue weighted by Crippen LogP contribution is -2.62. The molecule has 0 saturated carbocycles. The second-order valence-electron chi connectivity index (χ2n) is 17.2. The lowest BCUT2D eigenvalue weighted by Gasteiger charge is -2.46. The van der Waals surface area contributed by atoms with Crippen molar-refractivity contribution in [2.45, 2.75) is 115 Å². The van der Waals surface area contributed by atoms with E-state index < -0.39 is 0 Å². The van der Waals surface area contributed by atoms with Crippen molar-refractivity contribution < 1.29 is 19.1 Å². The third kappa shape index (κ3) is 12.1. The Hall–Kier alpha value is -4.88. The Labute approximate surface area is 331 Å². The fourth-order valence-electron chi connectivity index (χ4n) is 8.18. The van der Waals surface area contributed by atoms with Gasteiger partial charge in [-0.1, -0.05) is 41.9 Å². The van der Waals surface area contributed by atoms with Gasteiger partial charge in [-0.2, -0.15) is 5.26 Å². The molecule has 6 rings (SSSR count). The van der Waals surface area contributed by atoms with Crippen molar-refractivity contribution >= 4 is 23.4 Å². The van der Waals surface area contributed by atoms with E-state index in [-0.39, 0.29) is 46.1 Å². The molecule has 2 heterocycles. The maximum Gasteiger partial charge on any atom is 0.251 e. The molecule has 0 spiro atoms. The number of ether oxygens (including phenoxy) is 2. The van der Waals surface area contributed by atoms with Crippen molar-refractivity contribution in [3.8, 4) is 29.1 Å². The molecule has 2 aliphatic rings. The lowest BCUT2D eigenvalue weighted by atomic mass is 9.79. The Morgan fingerprint density at radius 3 is 1.58 bits per heavy atom. The summed E-state index contributed by atoms with van der Waals surface area (Å²) in [5.41, 5.74) is 1.46. The number of rotatable bonds is 8. The molecule has 10 heteroatoms. The number of hydrogen-bond acceptors (Lipinski definition) is 7. The van der Waals surface area contributed by atoms with Crippen molar-refractivity contribution in [1.82, 2.24) is 21.3 Å². The molecule has 2 aliphatic heterocycles. The van der Waals surface area contributed by atoms with Gasteiger partial charge in [0.05, 0.1) is 10.6 Å². The topological polar surface area (TPSA) is 125 Å².